The number of hydrogen-bond donors (Lipinski definition) is 1. The number of anilines is 2. The number of aromatic nitrogens is 1. The molecule has 1 aliphatic rings. The number of sulfonamides is 1. The zero-order valence-corrected chi connectivity index (χ0v) is 14.6. The van der Waals surface area contributed by atoms with Crippen LogP contribution in [0.15, 0.2) is 33.7 Å². The maximum Gasteiger partial charge on any atom is 0.267 e. The van der Waals surface area contributed by atoms with Gasteiger partial charge in [-0.1, -0.05) is 5.16 Å². The number of aryl methyl sites for hydroxylation is 2. The van der Waals surface area contributed by atoms with Crippen molar-refractivity contribution in [3.63, 3.8) is 0 Å². The van der Waals surface area contributed by atoms with Crippen LogP contribution in [0.2, 0.25) is 0 Å². The molecule has 1 aliphatic carbocycles. The number of amides is 1. The number of hydrogen-bond acceptors (Lipinski definition) is 5. The van der Waals surface area contributed by atoms with E-state index in [9.17, 15) is 13.2 Å². The van der Waals surface area contributed by atoms with Crippen molar-refractivity contribution in [1.82, 2.24) is 5.16 Å². The Hall–Kier alpha value is -2.35. The third-order valence-corrected chi connectivity index (χ3v) is 5.51. The zero-order valence-electron chi connectivity index (χ0n) is 13.7. The SMILES string of the molecule is CC(=O)N(c1ccc(NS(=O)(=O)c2c(C)noc2C)cc1)C1CC1. The van der Waals surface area contributed by atoms with E-state index < -0.39 is 10.0 Å². The minimum absolute atomic E-state index is 0.0125. The zero-order chi connectivity index (χ0) is 17.5. The summed E-state index contributed by atoms with van der Waals surface area (Å²) in [6.07, 6.45) is 2.00. The van der Waals surface area contributed by atoms with Crippen LogP contribution >= 0.6 is 0 Å². The monoisotopic (exact) mass is 349 g/mol. The van der Waals surface area contributed by atoms with Gasteiger partial charge in [0.2, 0.25) is 5.91 Å². The number of nitrogens with one attached hydrogen (secondary N) is 1. The summed E-state index contributed by atoms with van der Waals surface area (Å²) in [5, 5.41) is 3.67. The van der Waals surface area contributed by atoms with Crippen molar-refractivity contribution in [1.29, 1.82) is 0 Å². The third kappa shape index (κ3) is 3.14. The fourth-order valence-corrected chi connectivity index (χ4v) is 4.13. The van der Waals surface area contributed by atoms with Gasteiger partial charge < -0.3 is 9.42 Å². The van der Waals surface area contributed by atoms with Crippen LogP contribution in [0.1, 0.15) is 31.2 Å². The molecule has 0 unspecified atom stereocenters. The highest BCUT2D eigenvalue weighted by Crippen LogP contribution is 2.32. The van der Waals surface area contributed by atoms with Gasteiger partial charge in [-0.05, 0) is 51.0 Å². The van der Waals surface area contributed by atoms with E-state index >= 15 is 0 Å². The van der Waals surface area contributed by atoms with Crippen molar-refractivity contribution >= 4 is 27.3 Å². The first-order chi connectivity index (χ1) is 11.3. The lowest BCUT2D eigenvalue weighted by atomic mass is 10.2. The molecule has 7 nitrogen and oxygen atoms in total. The van der Waals surface area contributed by atoms with Gasteiger partial charge in [-0.3, -0.25) is 9.52 Å². The van der Waals surface area contributed by atoms with E-state index in [1.165, 1.54) is 6.92 Å². The van der Waals surface area contributed by atoms with Crippen LogP contribution in [0.4, 0.5) is 11.4 Å². The first kappa shape index (κ1) is 16.5. The number of rotatable bonds is 5. The lowest BCUT2D eigenvalue weighted by Gasteiger charge is -2.21. The largest absolute Gasteiger partial charge is 0.360 e. The second kappa shape index (κ2) is 5.94. The van der Waals surface area contributed by atoms with Crippen molar-refractivity contribution in [2.24, 2.45) is 0 Å². The summed E-state index contributed by atoms with van der Waals surface area (Å²) in [6, 6.07) is 7.02. The standard InChI is InChI=1S/C16H19N3O4S/c1-10-16(11(2)23-17-10)24(21,22)18-13-4-6-14(7-5-13)19(12(3)20)15-8-9-15/h4-7,15,18H,8-9H2,1-3H3. The first-order valence-electron chi connectivity index (χ1n) is 7.65. The molecule has 1 aromatic heterocycles. The van der Waals surface area contributed by atoms with Crippen LogP contribution in [-0.4, -0.2) is 25.5 Å². The van der Waals surface area contributed by atoms with Crippen LogP contribution < -0.4 is 9.62 Å². The average Bonchev–Trinajstić information content (AvgIpc) is 3.25. The van der Waals surface area contributed by atoms with Crippen LogP contribution in [0.5, 0.6) is 0 Å². The molecule has 1 N–H and O–H groups in total. The van der Waals surface area contributed by atoms with Crippen LogP contribution in [0.25, 0.3) is 0 Å². The Bertz CT molecular complexity index is 848. The molecule has 2 aromatic rings. The number of benzene rings is 1. The van der Waals surface area contributed by atoms with Crippen molar-refractivity contribution in [2.45, 2.75) is 44.6 Å². The Morgan fingerprint density at radius 3 is 2.33 bits per heavy atom. The van der Waals surface area contributed by atoms with Gasteiger partial charge >= 0.3 is 0 Å². The molecule has 1 saturated carbocycles. The topological polar surface area (TPSA) is 92.5 Å². The fraction of sp³-hybridized carbons (Fsp3) is 0.375. The molecule has 3 rings (SSSR count). The predicted molar refractivity (Wildman–Crippen MR) is 89.4 cm³/mol. The van der Waals surface area contributed by atoms with Crippen molar-refractivity contribution in [3.05, 3.63) is 35.7 Å². The number of carbonyl (C=O) groups excluding carboxylic acids is 1. The Balaban J connectivity index is 1.83. The molecule has 0 radical (unpaired) electrons. The van der Waals surface area contributed by atoms with E-state index in [2.05, 4.69) is 9.88 Å². The van der Waals surface area contributed by atoms with Crippen molar-refractivity contribution in [2.75, 3.05) is 9.62 Å². The van der Waals surface area contributed by atoms with E-state index in [1.54, 1.807) is 43.0 Å². The van der Waals surface area contributed by atoms with Gasteiger partial charge in [-0.2, -0.15) is 0 Å². The van der Waals surface area contributed by atoms with E-state index in [4.69, 9.17) is 4.52 Å². The molecule has 0 atom stereocenters. The first-order valence-corrected chi connectivity index (χ1v) is 9.13. The molecular weight excluding hydrogens is 330 g/mol. The molecule has 0 bridgehead atoms. The number of carbonyl (C=O) groups is 1. The molecule has 24 heavy (non-hydrogen) atoms. The summed E-state index contributed by atoms with van der Waals surface area (Å²) in [5.74, 6) is 0.231. The lowest BCUT2D eigenvalue weighted by Crippen LogP contribution is -2.30. The second-order valence-corrected chi connectivity index (χ2v) is 7.55. The van der Waals surface area contributed by atoms with Crippen LogP contribution in [-0.2, 0) is 14.8 Å². The van der Waals surface area contributed by atoms with Gasteiger partial charge in [0.15, 0.2) is 10.7 Å². The average molecular weight is 349 g/mol. The summed E-state index contributed by atoms with van der Waals surface area (Å²) < 4.78 is 32.4. The summed E-state index contributed by atoms with van der Waals surface area (Å²) >= 11 is 0. The molecule has 1 aromatic carbocycles. The molecule has 128 valence electrons. The van der Waals surface area contributed by atoms with Crippen molar-refractivity contribution in [3.8, 4) is 0 Å². The van der Waals surface area contributed by atoms with Gasteiger partial charge in [0.1, 0.15) is 5.69 Å². The van der Waals surface area contributed by atoms with Crippen molar-refractivity contribution < 1.29 is 17.7 Å². The predicted octanol–water partition coefficient (Wildman–Crippen LogP) is 2.61. The maximum absolute atomic E-state index is 12.5. The molecular formula is C16H19N3O4S. The molecule has 0 saturated heterocycles. The van der Waals surface area contributed by atoms with Gasteiger partial charge in [0, 0.05) is 24.3 Å². The van der Waals surface area contributed by atoms with Crippen LogP contribution in [0.3, 0.4) is 0 Å². The summed E-state index contributed by atoms with van der Waals surface area (Å²) in [6.45, 7) is 4.67. The van der Waals surface area contributed by atoms with E-state index in [0.29, 0.717) is 11.4 Å². The van der Waals surface area contributed by atoms with E-state index in [0.717, 1.165) is 18.5 Å². The molecule has 0 aliphatic heterocycles. The molecule has 1 fully saturated rings. The molecule has 8 heteroatoms. The second-order valence-electron chi connectivity index (χ2n) is 5.93. The van der Waals surface area contributed by atoms with Gasteiger partial charge in [-0.15, -0.1) is 0 Å². The van der Waals surface area contributed by atoms with E-state index in [-0.39, 0.29) is 22.6 Å². The normalized spacial score (nSPS) is 14.5. The van der Waals surface area contributed by atoms with Crippen LogP contribution in [0, 0.1) is 13.8 Å². The molecule has 1 amide bonds. The molecule has 0 spiro atoms. The smallest absolute Gasteiger partial charge is 0.267 e. The Morgan fingerprint density at radius 2 is 1.88 bits per heavy atom. The lowest BCUT2D eigenvalue weighted by molar-refractivity contribution is -0.116. The van der Waals surface area contributed by atoms with E-state index in [1.807, 2.05) is 0 Å². The minimum Gasteiger partial charge on any atom is -0.360 e. The Morgan fingerprint density at radius 1 is 1.25 bits per heavy atom. The minimum atomic E-state index is -3.77. The van der Waals surface area contributed by atoms with Gasteiger partial charge in [-0.25, -0.2) is 8.42 Å². The fourth-order valence-electron chi connectivity index (χ4n) is 2.74. The summed E-state index contributed by atoms with van der Waals surface area (Å²) in [4.78, 5) is 13.6. The Kier molecular flexibility index (Phi) is 4.08. The number of nitrogens with zero attached hydrogens (tertiary/aromatic N) is 2. The summed E-state index contributed by atoms with van der Waals surface area (Å²) in [7, 11) is -3.77. The Labute approximate surface area is 140 Å². The van der Waals surface area contributed by atoms with Gasteiger partial charge in [0.25, 0.3) is 10.0 Å². The maximum atomic E-state index is 12.5. The quantitative estimate of drug-likeness (QED) is 0.896. The summed E-state index contributed by atoms with van der Waals surface area (Å²) in [5.41, 5.74) is 1.50. The van der Waals surface area contributed by atoms with Gasteiger partial charge in [0.05, 0.1) is 0 Å². The molecule has 1 heterocycles. The highest BCUT2D eigenvalue weighted by molar-refractivity contribution is 7.92. The third-order valence-electron chi connectivity index (χ3n) is 3.89. The highest BCUT2D eigenvalue weighted by Gasteiger charge is 2.32. The highest BCUT2D eigenvalue weighted by atomic mass is 32.2.